The maximum Gasteiger partial charge on any atom is 0.321 e. The first kappa shape index (κ1) is 30.2. The van der Waals surface area contributed by atoms with Crippen LogP contribution in [0.4, 0.5) is 10.5 Å². The molecule has 11 heteroatoms. The van der Waals surface area contributed by atoms with Gasteiger partial charge in [-0.05, 0) is 42.8 Å². The SMILES string of the molecule is COc1cccc(NC(=O)N(C)C[C@@H]2Oc3cc(-c4ccccc4OC)ccc3S(=O)(=O)N([C@H](C)CO)C[C@H]2C)c1. The highest BCUT2D eigenvalue weighted by atomic mass is 32.2. The molecule has 1 heterocycles. The van der Waals surface area contributed by atoms with Gasteiger partial charge in [0.05, 0.1) is 27.4 Å². The van der Waals surface area contributed by atoms with Crippen molar-refractivity contribution in [1.29, 1.82) is 0 Å². The summed E-state index contributed by atoms with van der Waals surface area (Å²) in [4.78, 5) is 14.6. The Morgan fingerprint density at radius 1 is 1.12 bits per heavy atom. The van der Waals surface area contributed by atoms with Crippen molar-refractivity contribution in [1.82, 2.24) is 9.21 Å². The van der Waals surface area contributed by atoms with Crippen LogP contribution in [0.1, 0.15) is 13.8 Å². The van der Waals surface area contributed by atoms with Gasteiger partial charge in [0, 0.05) is 42.9 Å². The molecule has 41 heavy (non-hydrogen) atoms. The molecule has 0 bridgehead atoms. The summed E-state index contributed by atoms with van der Waals surface area (Å²) < 4.78 is 46.1. The molecule has 3 aromatic rings. The molecule has 0 aromatic heterocycles. The van der Waals surface area contributed by atoms with Crippen LogP contribution in [0.5, 0.6) is 17.2 Å². The lowest BCUT2D eigenvalue weighted by Gasteiger charge is -2.37. The number of hydrogen-bond donors (Lipinski definition) is 2. The number of nitrogens with zero attached hydrogens (tertiary/aromatic N) is 2. The van der Waals surface area contributed by atoms with Crippen LogP contribution in [0.3, 0.4) is 0 Å². The smallest absolute Gasteiger partial charge is 0.321 e. The highest BCUT2D eigenvalue weighted by Gasteiger charge is 2.38. The number of rotatable bonds is 8. The molecule has 4 rings (SSSR count). The number of carbonyl (C=O) groups is 1. The Hall–Kier alpha value is -3.80. The van der Waals surface area contributed by atoms with Gasteiger partial charge in [0.1, 0.15) is 28.2 Å². The number of methoxy groups -OCH3 is 2. The zero-order valence-electron chi connectivity index (χ0n) is 23.9. The molecular weight excluding hydrogens is 546 g/mol. The highest BCUT2D eigenvalue weighted by molar-refractivity contribution is 7.89. The average Bonchev–Trinajstić information content (AvgIpc) is 2.98. The van der Waals surface area contributed by atoms with Gasteiger partial charge >= 0.3 is 6.03 Å². The molecule has 2 amide bonds. The van der Waals surface area contributed by atoms with Crippen LogP contribution in [-0.4, -0.2) is 81.9 Å². The summed E-state index contributed by atoms with van der Waals surface area (Å²) in [6.45, 7) is 3.48. The average molecular weight is 584 g/mol. The fraction of sp³-hybridized carbons (Fsp3) is 0.367. The van der Waals surface area contributed by atoms with Crippen LogP contribution in [-0.2, 0) is 10.0 Å². The number of urea groups is 1. The molecule has 1 aliphatic heterocycles. The Morgan fingerprint density at radius 3 is 2.59 bits per heavy atom. The van der Waals surface area contributed by atoms with Crippen molar-refractivity contribution in [3.8, 4) is 28.4 Å². The first-order valence-corrected chi connectivity index (χ1v) is 14.8. The van der Waals surface area contributed by atoms with Gasteiger partial charge in [0.15, 0.2) is 0 Å². The Balaban J connectivity index is 1.70. The highest BCUT2D eigenvalue weighted by Crippen LogP contribution is 2.38. The number of aliphatic hydroxyl groups is 1. The normalized spacial score (nSPS) is 19.1. The first-order valence-electron chi connectivity index (χ1n) is 13.3. The third-order valence-corrected chi connectivity index (χ3v) is 9.23. The maximum absolute atomic E-state index is 13.8. The number of fused-ring (bicyclic) bond motifs is 1. The van der Waals surface area contributed by atoms with Gasteiger partial charge in [-0.1, -0.05) is 37.3 Å². The van der Waals surface area contributed by atoms with Gasteiger partial charge < -0.3 is 29.5 Å². The summed E-state index contributed by atoms with van der Waals surface area (Å²) in [6.07, 6.45) is -0.563. The Morgan fingerprint density at radius 2 is 1.88 bits per heavy atom. The van der Waals surface area contributed by atoms with Gasteiger partial charge in [-0.3, -0.25) is 0 Å². The zero-order valence-corrected chi connectivity index (χ0v) is 24.7. The maximum atomic E-state index is 13.8. The summed E-state index contributed by atoms with van der Waals surface area (Å²) in [6, 6.07) is 18.4. The Labute approximate surface area is 241 Å². The second-order valence-corrected chi connectivity index (χ2v) is 12.0. The van der Waals surface area contributed by atoms with E-state index in [4.69, 9.17) is 14.2 Å². The molecule has 0 spiro atoms. The van der Waals surface area contributed by atoms with Crippen molar-refractivity contribution < 1.29 is 32.5 Å². The van der Waals surface area contributed by atoms with Crippen LogP contribution in [0.15, 0.2) is 71.6 Å². The van der Waals surface area contributed by atoms with E-state index in [-0.39, 0.29) is 42.3 Å². The molecule has 0 radical (unpaired) electrons. The van der Waals surface area contributed by atoms with E-state index >= 15 is 0 Å². The van der Waals surface area contributed by atoms with Crippen molar-refractivity contribution in [2.45, 2.75) is 30.9 Å². The molecule has 3 atom stereocenters. The summed E-state index contributed by atoms with van der Waals surface area (Å²) in [7, 11) is 0.779. The van der Waals surface area contributed by atoms with Gasteiger partial charge in [-0.25, -0.2) is 13.2 Å². The van der Waals surface area contributed by atoms with Crippen LogP contribution in [0.25, 0.3) is 11.1 Å². The van der Waals surface area contributed by atoms with Crippen molar-refractivity contribution in [3.05, 3.63) is 66.7 Å². The van der Waals surface area contributed by atoms with E-state index in [1.807, 2.05) is 31.2 Å². The summed E-state index contributed by atoms with van der Waals surface area (Å²) >= 11 is 0. The van der Waals surface area contributed by atoms with Crippen molar-refractivity contribution in [2.24, 2.45) is 5.92 Å². The fourth-order valence-electron chi connectivity index (χ4n) is 4.77. The third-order valence-electron chi connectivity index (χ3n) is 7.21. The molecule has 0 saturated heterocycles. The van der Waals surface area contributed by atoms with Gasteiger partial charge in [-0.2, -0.15) is 4.31 Å². The molecule has 0 aliphatic carbocycles. The van der Waals surface area contributed by atoms with E-state index < -0.39 is 22.2 Å². The van der Waals surface area contributed by atoms with Crippen molar-refractivity contribution >= 4 is 21.7 Å². The van der Waals surface area contributed by atoms with E-state index in [0.717, 1.165) is 5.56 Å². The van der Waals surface area contributed by atoms with Crippen LogP contribution < -0.4 is 19.5 Å². The van der Waals surface area contributed by atoms with Gasteiger partial charge in [0.25, 0.3) is 0 Å². The standard InChI is InChI=1S/C30H37N3O7S/c1-20-17-33(21(2)19-34)41(36,37)29-14-13-22(25-11-6-7-12-26(25)39-5)15-27(29)40-28(20)18-32(3)30(35)31-23-9-8-10-24(16-23)38-4/h6-16,20-21,28,34H,17-19H2,1-5H3,(H,31,35)/t20-,21-,28+/m1/s1. The first-order chi connectivity index (χ1) is 19.6. The molecule has 2 N–H and O–H groups in total. The number of anilines is 1. The number of ether oxygens (including phenoxy) is 3. The topological polar surface area (TPSA) is 118 Å². The Bertz CT molecular complexity index is 1480. The van der Waals surface area contributed by atoms with E-state index in [1.165, 1.54) is 15.3 Å². The number of nitrogens with one attached hydrogen (secondary N) is 1. The molecule has 220 valence electrons. The lowest BCUT2D eigenvalue weighted by molar-refractivity contribution is 0.0830. The predicted molar refractivity (Wildman–Crippen MR) is 157 cm³/mol. The van der Waals surface area contributed by atoms with E-state index in [9.17, 15) is 18.3 Å². The molecule has 0 unspecified atom stereocenters. The number of para-hydroxylation sites is 1. The number of likely N-dealkylation sites (N-methyl/N-ethyl adjacent to an activating group) is 1. The van der Waals surface area contributed by atoms with E-state index in [1.54, 1.807) is 64.6 Å². The van der Waals surface area contributed by atoms with E-state index in [2.05, 4.69) is 5.32 Å². The Kier molecular flexibility index (Phi) is 9.42. The van der Waals surface area contributed by atoms with Gasteiger partial charge in [-0.15, -0.1) is 0 Å². The quantitative estimate of drug-likeness (QED) is 0.406. The van der Waals surface area contributed by atoms with Crippen LogP contribution >= 0.6 is 0 Å². The minimum atomic E-state index is -4.00. The van der Waals surface area contributed by atoms with Crippen LogP contribution in [0.2, 0.25) is 0 Å². The largest absolute Gasteiger partial charge is 0.497 e. The number of aliphatic hydroxyl groups excluding tert-OH is 1. The number of benzene rings is 3. The summed E-state index contributed by atoms with van der Waals surface area (Å²) in [5, 5.41) is 12.8. The van der Waals surface area contributed by atoms with Crippen LogP contribution in [0, 0.1) is 5.92 Å². The summed E-state index contributed by atoms with van der Waals surface area (Å²) in [5.41, 5.74) is 2.07. The van der Waals surface area contributed by atoms with Crippen molar-refractivity contribution in [2.75, 3.05) is 46.3 Å². The predicted octanol–water partition coefficient (Wildman–Crippen LogP) is 4.30. The minimum Gasteiger partial charge on any atom is -0.497 e. The molecule has 10 nitrogen and oxygen atoms in total. The number of amides is 2. The van der Waals surface area contributed by atoms with Gasteiger partial charge in [0.2, 0.25) is 10.0 Å². The number of sulfonamides is 1. The number of carbonyl (C=O) groups excluding carboxylic acids is 1. The molecule has 1 aliphatic rings. The lowest BCUT2D eigenvalue weighted by atomic mass is 10.0. The summed E-state index contributed by atoms with van der Waals surface area (Å²) in [5.74, 6) is 1.09. The molecule has 0 saturated carbocycles. The monoisotopic (exact) mass is 583 g/mol. The minimum absolute atomic E-state index is 0.00293. The zero-order chi connectivity index (χ0) is 29.7. The number of hydrogen-bond acceptors (Lipinski definition) is 7. The lowest BCUT2D eigenvalue weighted by Crippen LogP contribution is -2.50. The fourth-order valence-corrected chi connectivity index (χ4v) is 6.59. The third kappa shape index (κ3) is 6.58. The molecule has 3 aromatic carbocycles. The van der Waals surface area contributed by atoms with E-state index in [0.29, 0.717) is 22.7 Å². The second kappa shape index (κ2) is 12.8. The van der Waals surface area contributed by atoms with Crippen molar-refractivity contribution in [3.63, 3.8) is 0 Å². The molecule has 0 fully saturated rings. The molecular formula is C30H37N3O7S. The second-order valence-electron chi connectivity index (χ2n) is 10.1.